The van der Waals surface area contributed by atoms with Gasteiger partial charge in [0, 0.05) is 57.6 Å². The van der Waals surface area contributed by atoms with Crippen LogP contribution in [0.5, 0.6) is 0 Å². The third kappa shape index (κ3) is 7.92. The van der Waals surface area contributed by atoms with Crippen molar-refractivity contribution in [3.63, 3.8) is 0 Å². The Kier molecular flexibility index (Phi) is 13.5. The molecule has 10 heteroatoms. The molecule has 17 aliphatic rings. The van der Waals surface area contributed by atoms with Crippen LogP contribution in [0.4, 0.5) is 0 Å². The number of aliphatic hydroxyl groups excluding tert-OH is 2. The SMILES string of the molecule is CN[C@@H]1Cc2c(cccc2CO)C#CC2(CCCC2)C[C@]23CC4(CCCC4)[C@H]4[C@@](O)([C@@H](O)[C@H]5C[C@H]6[C@H]7CC=C[C@@H]6C[C@@H]6[C@H]8O[C@H](Cc9cccc(c9)C[C@@H]9CC[C@@H]7C9)C[C@H]7C[C@H]9C[C@H](c%10ccccc%10)CC[C@@H]9[C@]78C[C@@]4(C=O)[C@@]65O)[C@@]2(O)C[C@@H]2C[C@@H]1[C@H]1OC(=O)C=C1[C@@H]23. The molecule has 93 heavy (non-hydrogen) atoms. The first-order valence-electron chi connectivity index (χ1n) is 37.7. The number of fused-ring (bicyclic) bond motifs is 12. The minimum Gasteiger partial charge on any atom is -0.454 e. The molecule has 6 N–H and O–H groups in total. The Bertz CT molecular complexity index is 3650. The normalized spacial score (nSPS) is 49.3. The standard InChI is InChI=1S/C83H101NO9/c1-84-69-40-62-52(16-10-18-56(62)43-85)24-29-76(25-5-6-26-76)44-78-45-77(27-7-8-28-77)75-79(47-86)46-80-59(35-57-34-53(22-23-66(57)80)51-14-3-2-4-15-51)38-60-33-49-13-9-12-48(30-49)31-50-20-21-55(32-50)61-19-11-17-54-37-68(74(80)92-60)82(79,90)67(39-63(54)61)73(88)83(75,91)81(78,89)42-58-36-64(69)72-65(71(58)78)41-70(87)93-72/h2-4,9-18,30,41,47,50,53-55,57-61,63-64,66-69,71-75,84-85,88-91H,5-8,19-23,25-28,31-40,42-46H2,1H3/t50-,53+,54+,55+,57+,58-,59+,60+,61-,63+,64-,66-,67+,68+,69+,71+,72+,73-,74+,75+,78+,79-,80-,81+,82-,83-/m0/s1. The summed E-state index contributed by atoms with van der Waals surface area (Å²) in [5, 5.41) is 78.3. The number of rotatable bonds is 4. The lowest BCUT2D eigenvalue weighted by Crippen LogP contribution is -2.89. The number of nitrogens with one attached hydrogen (secondary N) is 1. The van der Waals surface area contributed by atoms with E-state index in [9.17, 15) is 9.90 Å². The van der Waals surface area contributed by atoms with Crippen molar-refractivity contribution in [1.29, 1.82) is 0 Å². The average molecular weight is 1260 g/mol. The number of aliphatic hydroxyl groups is 5. The van der Waals surface area contributed by atoms with E-state index >= 15 is 25.2 Å². The van der Waals surface area contributed by atoms with E-state index in [4.69, 9.17) is 9.47 Å². The molecule has 14 aliphatic carbocycles. The summed E-state index contributed by atoms with van der Waals surface area (Å²) in [4.78, 5) is 31.3. The van der Waals surface area contributed by atoms with Gasteiger partial charge in [-0.1, -0.05) is 116 Å². The molecule has 14 bridgehead atoms. The van der Waals surface area contributed by atoms with Crippen molar-refractivity contribution in [3.8, 4) is 11.8 Å². The van der Waals surface area contributed by atoms with E-state index < -0.39 is 73.8 Å². The van der Waals surface area contributed by atoms with Crippen LogP contribution < -0.4 is 5.32 Å². The number of hydrogen-bond acceptors (Lipinski definition) is 10. The molecule has 1 saturated heterocycles. The van der Waals surface area contributed by atoms with Gasteiger partial charge in [0.25, 0.3) is 0 Å². The lowest BCUT2D eigenvalue weighted by atomic mass is 9.27. The third-order valence-electron chi connectivity index (χ3n) is 32.3. The van der Waals surface area contributed by atoms with E-state index in [1.54, 1.807) is 6.08 Å². The molecule has 0 unspecified atom stereocenters. The van der Waals surface area contributed by atoms with Crippen LogP contribution in [-0.4, -0.2) is 92.1 Å². The quantitative estimate of drug-likeness (QED) is 0.0641. The molecule has 492 valence electrons. The van der Waals surface area contributed by atoms with Crippen molar-refractivity contribution in [2.75, 3.05) is 7.05 Å². The molecule has 26 atom stereocenters. The summed E-state index contributed by atoms with van der Waals surface area (Å²) in [6, 6.07) is 26.6. The zero-order chi connectivity index (χ0) is 62.8. The van der Waals surface area contributed by atoms with Crippen molar-refractivity contribution < 1.29 is 44.6 Å². The highest BCUT2D eigenvalue weighted by molar-refractivity contribution is 5.86. The number of aldehydes is 1. The molecular weight excluding hydrogens is 1150 g/mol. The van der Waals surface area contributed by atoms with E-state index in [1.165, 1.54) is 29.4 Å². The van der Waals surface area contributed by atoms with Gasteiger partial charge in [-0.25, -0.2) is 4.79 Å². The minimum atomic E-state index is -2.26. The topological polar surface area (TPSA) is 166 Å². The predicted molar refractivity (Wildman–Crippen MR) is 353 cm³/mol. The van der Waals surface area contributed by atoms with Crippen LogP contribution in [0.15, 0.2) is 96.6 Å². The van der Waals surface area contributed by atoms with Gasteiger partial charge in [0.1, 0.15) is 23.6 Å². The summed E-state index contributed by atoms with van der Waals surface area (Å²) in [5.41, 5.74) is -2.79. The summed E-state index contributed by atoms with van der Waals surface area (Å²) >= 11 is 0. The van der Waals surface area contributed by atoms with Gasteiger partial charge in [-0.2, -0.15) is 0 Å². The van der Waals surface area contributed by atoms with E-state index in [0.717, 1.165) is 125 Å². The van der Waals surface area contributed by atoms with Crippen molar-refractivity contribution in [1.82, 2.24) is 5.32 Å². The molecular formula is C83H101NO9. The van der Waals surface area contributed by atoms with Gasteiger partial charge in [0.05, 0.1) is 35.9 Å². The number of carbonyl (C=O) groups excluding carboxylic acids is 2. The zero-order valence-corrected chi connectivity index (χ0v) is 55.0. The third-order valence-corrected chi connectivity index (χ3v) is 32.3. The summed E-state index contributed by atoms with van der Waals surface area (Å²) < 4.78 is 14.9. The maximum atomic E-state index is 16.8. The predicted octanol–water partition coefficient (Wildman–Crippen LogP) is 12.3. The fourth-order valence-electron chi connectivity index (χ4n) is 29.7. The molecule has 4 spiro atoms. The summed E-state index contributed by atoms with van der Waals surface area (Å²) in [7, 11) is 1.99. The molecule has 11 saturated carbocycles. The number of carbonyl (C=O) groups is 2. The highest BCUT2D eigenvalue weighted by atomic mass is 16.5. The second-order valence-corrected chi connectivity index (χ2v) is 35.3. The van der Waals surface area contributed by atoms with Crippen LogP contribution in [0.3, 0.4) is 0 Å². The van der Waals surface area contributed by atoms with Crippen molar-refractivity contribution in [2.24, 2.45) is 110 Å². The molecule has 3 aromatic rings. The molecule has 3 aliphatic heterocycles. The van der Waals surface area contributed by atoms with Crippen molar-refractivity contribution in [3.05, 3.63) is 130 Å². The van der Waals surface area contributed by atoms with Gasteiger partial charge < -0.3 is 45.1 Å². The maximum Gasteiger partial charge on any atom is 0.331 e. The molecule has 12 fully saturated rings. The van der Waals surface area contributed by atoms with Gasteiger partial charge >= 0.3 is 5.97 Å². The fourth-order valence-corrected chi connectivity index (χ4v) is 29.7. The summed E-state index contributed by atoms with van der Waals surface area (Å²) in [5.74, 6) is 7.01. The largest absolute Gasteiger partial charge is 0.454 e. The highest BCUT2D eigenvalue weighted by Crippen LogP contribution is 2.86. The Morgan fingerprint density at radius 1 is 0.731 bits per heavy atom. The van der Waals surface area contributed by atoms with Crippen molar-refractivity contribution >= 4 is 12.3 Å². The highest BCUT2D eigenvalue weighted by Gasteiger charge is 2.91. The molecule has 0 aromatic heterocycles. The Labute approximate surface area is 551 Å². The van der Waals surface area contributed by atoms with Crippen LogP contribution in [0.25, 0.3) is 0 Å². The smallest absolute Gasteiger partial charge is 0.331 e. The molecule has 3 heterocycles. The second kappa shape index (κ2) is 21.0. The first kappa shape index (κ1) is 59.8. The van der Waals surface area contributed by atoms with Crippen LogP contribution in [0.2, 0.25) is 0 Å². The first-order valence-corrected chi connectivity index (χ1v) is 37.7. The van der Waals surface area contributed by atoms with Crippen LogP contribution in [0, 0.1) is 122 Å². The van der Waals surface area contributed by atoms with E-state index in [1.807, 2.05) is 19.2 Å². The molecule has 3 aromatic carbocycles. The van der Waals surface area contributed by atoms with Gasteiger partial charge in [-0.15, -0.1) is 0 Å². The lowest BCUT2D eigenvalue weighted by molar-refractivity contribution is -0.415. The van der Waals surface area contributed by atoms with Crippen molar-refractivity contribution in [2.45, 2.75) is 233 Å². The number of allylic oxidation sites excluding steroid dienone is 2. The minimum absolute atomic E-state index is 0.0793. The van der Waals surface area contributed by atoms with E-state index in [2.05, 4.69) is 90.0 Å². The zero-order valence-electron chi connectivity index (χ0n) is 55.0. The Morgan fingerprint density at radius 3 is 2.34 bits per heavy atom. The lowest BCUT2D eigenvalue weighted by Gasteiger charge is -2.79. The number of hydrogen-bond donors (Lipinski definition) is 6. The van der Waals surface area contributed by atoms with Gasteiger partial charge in [0.2, 0.25) is 0 Å². The summed E-state index contributed by atoms with van der Waals surface area (Å²) in [6.45, 7) is -0.120. The average Bonchev–Trinajstić information content (AvgIpc) is 1.60. The first-order chi connectivity index (χ1) is 45.1. The second-order valence-electron chi connectivity index (χ2n) is 35.3. The van der Waals surface area contributed by atoms with Gasteiger partial charge in [0.15, 0.2) is 0 Å². The maximum absolute atomic E-state index is 16.8. The van der Waals surface area contributed by atoms with Gasteiger partial charge in [-0.3, -0.25) is 0 Å². The number of esters is 1. The monoisotopic (exact) mass is 1260 g/mol. The van der Waals surface area contributed by atoms with Crippen LogP contribution >= 0.6 is 0 Å². The fraction of sp³-hybridized carbons (Fsp3) is 0.687. The van der Waals surface area contributed by atoms with E-state index in [-0.39, 0.29) is 78.7 Å². The Hall–Kier alpha value is -4.44. The number of benzene rings is 3. The molecule has 10 nitrogen and oxygen atoms in total. The molecule has 0 amide bonds. The van der Waals surface area contributed by atoms with Crippen LogP contribution in [0.1, 0.15) is 193 Å². The van der Waals surface area contributed by atoms with Gasteiger partial charge in [-0.05, 0) is 265 Å². The Balaban J connectivity index is 0.857. The molecule has 20 rings (SSSR count). The number of likely N-dealkylation sites (N-methyl/N-ethyl adjacent to an activating group) is 1. The molecule has 0 radical (unpaired) electrons. The summed E-state index contributed by atoms with van der Waals surface area (Å²) in [6.07, 6.45) is 27.3. The van der Waals surface area contributed by atoms with Crippen LogP contribution in [-0.2, 0) is 44.9 Å². The Morgan fingerprint density at radius 2 is 1.54 bits per heavy atom. The van der Waals surface area contributed by atoms with E-state index in [0.29, 0.717) is 87.4 Å². The number of ether oxygens (including phenoxy) is 2.